The number of fused-ring (bicyclic) bond motifs is 1. The smallest absolute Gasteiger partial charge is 0.225 e. The first-order valence-electron chi connectivity index (χ1n) is 9.90. The lowest BCUT2D eigenvalue weighted by Crippen LogP contribution is -2.46. The Balaban J connectivity index is 1.23. The van der Waals surface area contributed by atoms with E-state index in [4.69, 9.17) is 0 Å². The third-order valence-corrected chi connectivity index (χ3v) is 5.28. The van der Waals surface area contributed by atoms with Gasteiger partial charge in [-0.2, -0.15) is 0 Å². The number of benzene rings is 2. The molecular weight excluding hydrogens is 348 g/mol. The highest BCUT2D eigenvalue weighted by atomic mass is 16.1. The van der Waals surface area contributed by atoms with E-state index in [0.29, 0.717) is 6.42 Å². The second-order valence-electron chi connectivity index (χ2n) is 7.28. The molecule has 4 rings (SSSR count). The van der Waals surface area contributed by atoms with E-state index >= 15 is 0 Å². The molecule has 0 atom stereocenters. The molecule has 1 aromatic heterocycles. The predicted octanol–water partition coefficient (Wildman–Crippen LogP) is 3.38. The van der Waals surface area contributed by atoms with Gasteiger partial charge in [0.25, 0.3) is 0 Å². The average molecular weight is 374 g/mol. The van der Waals surface area contributed by atoms with Crippen LogP contribution in [0.3, 0.4) is 0 Å². The van der Waals surface area contributed by atoms with Crippen molar-refractivity contribution in [1.82, 2.24) is 14.8 Å². The minimum absolute atomic E-state index is 0.0462. The van der Waals surface area contributed by atoms with Gasteiger partial charge in [0.15, 0.2) is 0 Å². The summed E-state index contributed by atoms with van der Waals surface area (Å²) in [7, 11) is 0. The van der Waals surface area contributed by atoms with E-state index in [2.05, 4.69) is 50.4 Å². The molecule has 5 heteroatoms. The zero-order valence-electron chi connectivity index (χ0n) is 16.1. The number of hydrogen-bond donors (Lipinski definition) is 1. The summed E-state index contributed by atoms with van der Waals surface area (Å²) in [5.41, 5.74) is 2.99. The van der Waals surface area contributed by atoms with Gasteiger partial charge in [-0.05, 0) is 17.7 Å². The van der Waals surface area contributed by atoms with E-state index in [9.17, 15) is 4.79 Å². The molecule has 1 N–H and O–H groups in total. The van der Waals surface area contributed by atoms with Crippen LogP contribution >= 0.6 is 0 Å². The lowest BCUT2D eigenvalue weighted by molar-refractivity contribution is -0.116. The highest BCUT2D eigenvalue weighted by Gasteiger charge is 2.17. The largest absolute Gasteiger partial charge is 0.324 e. The Morgan fingerprint density at radius 2 is 1.64 bits per heavy atom. The number of anilines is 1. The molecule has 0 radical (unpaired) electrons. The Morgan fingerprint density at radius 1 is 0.893 bits per heavy atom. The van der Waals surface area contributed by atoms with E-state index in [1.54, 1.807) is 6.20 Å². The van der Waals surface area contributed by atoms with E-state index < -0.39 is 0 Å². The first-order valence-corrected chi connectivity index (χ1v) is 9.90. The summed E-state index contributed by atoms with van der Waals surface area (Å²) in [5, 5.41) is 4.06. The maximum atomic E-state index is 12.4. The Labute approximate surface area is 166 Å². The molecular formula is C23H26N4O. The minimum atomic E-state index is 0.0462. The van der Waals surface area contributed by atoms with E-state index in [1.807, 2.05) is 30.3 Å². The minimum Gasteiger partial charge on any atom is -0.324 e. The quantitative estimate of drug-likeness (QED) is 0.719. The van der Waals surface area contributed by atoms with Gasteiger partial charge in [0, 0.05) is 57.3 Å². The first kappa shape index (κ1) is 18.6. The monoisotopic (exact) mass is 374 g/mol. The highest BCUT2D eigenvalue weighted by molar-refractivity contribution is 6.00. The summed E-state index contributed by atoms with van der Waals surface area (Å²) in [6.45, 7) is 5.91. The molecule has 0 saturated carbocycles. The van der Waals surface area contributed by atoms with Crippen molar-refractivity contribution in [3.05, 3.63) is 72.4 Å². The van der Waals surface area contributed by atoms with Crippen LogP contribution in [0.2, 0.25) is 0 Å². The van der Waals surface area contributed by atoms with Gasteiger partial charge >= 0.3 is 0 Å². The number of rotatable bonds is 6. The summed E-state index contributed by atoms with van der Waals surface area (Å²) >= 11 is 0. The molecule has 1 aliphatic rings. The third-order valence-electron chi connectivity index (χ3n) is 5.28. The van der Waals surface area contributed by atoms with Crippen LogP contribution in [-0.2, 0) is 11.3 Å². The zero-order valence-corrected chi connectivity index (χ0v) is 16.1. The van der Waals surface area contributed by atoms with Crippen molar-refractivity contribution in [3.63, 3.8) is 0 Å². The summed E-state index contributed by atoms with van der Waals surface area (Å²) in [5.74, 6) is 0.0462. The fourth-order valence-electron chi connectivity index (χ4n) is 3.69. The van der Waals surface area contributed by atoms with Crippen molar-refractivity contribution in [3.8, 4) is 0 Å². The molecule has 3 aromatic rings. The molecule has 0 spiro atoms. The van der Waals surface area contributed by atoms with Crippen molar-refractivity contribution in [2.75, 3.05) is 38.0 Å². The summed E-state index contributed by atoms with van der Waals surface area (Å²) in [6.07, 6.45) is 2.26. The number of carbonyl (C=O) groups excluding carboxylic acids is 1. The van der Waals surface area contributed by atoms with Gasteiger partial charge in [-0.1, -0.05) is 48.5 Å². The number of aromatic nitrogens is 1. The summed E-state index contributed by atoms with van der Waals surface area (Å²) in [6, 6.07) is 20.4. The van der Waals surface area contributed by atoms with Crippen molar-refractivity contribution < 1.29 is 4.79 Å². The van der Waals surface area contributed by atoms with Crippen molar-refractivity contribution in [1.29, 1.82) is 0 Å². The van der Waals surface area contributed by atoms with Gasteiger partial charge in [0.2, 0.25) is 5.91 Å². The van der Waals surface area contributed by atoms with Crippen LogP contribution in [0.15, 0.2) is 66.9 Å². The number of nitrogens with one attached hydrogen (secondary N) is 1. The first-order chi connectivity index (χ1) is 13.8. The normalized spacial score (nSPS) is 15.6. The molecule has 2 heterocycles. The molecule has 0 aliphatic carbocycles. The maximum absolute atomic E-state index is 12.4. The lowest BCUT2D eigenvalue weighted by atomic mass is 10.2. The Kier molecular flexibility index (Phi) is 5.95. The molecule has 5 nitrogen and oxygen atoms in total. The average Bonchev–Trinajstić information content (AvgIpc) is 2.74. The van der Waals surface area contributed by atoms with Crippen LogP contribution in [0.25, 0.3) is 10.9 Å². The fourth-order valence-corrected chi connectivity index (χ4v) is 3.69. The van der Waals surface area contributed by atoms with Gasteiger partial charge in [-0.25, -0.2) is 0 Å². The standard InChI is InChI=1S/C23H26N4O/c28-22(25-21-10-4-8-20-9-5-12-24-23(20)21)11-13-26-14-16-27(17-15-26)18-19-6-2-1-3-7-19/h1-10,12H,11,13-18H2,(H,25,28). The zero-order chi connectivity index (χ0) is 19.2. The van der Waals surface area contributed by atoms with Gasteiger partial charge in [0.05, 0.1) is 11.2 Å². The maximum Gasteiger partial charge on any atom is 0.225 e. The second kappa shape index (κ2) is 8.95. The van der Waals surface area contributed by atoms with E-state index in [-0.39, 0.29) is 5.91 Å². The fraction of sp³-hybridized carbons (Fsp3) is 0.304. The molecule has 0 unspecified atom stereocenters. The molecule has 1 fully saturated rings. The van der Waals surface area contributed by atoms with Crippen LogP contribution in [0.1, 0.15) is 12.0 Å². The van der Waals surface area contributed by atoms with Crippen LogP contribution in [0, 0.1) is 0 Å². The number of amides is 1. The Hall–Kier alpha value is -2.76. The Bertz CT molecular complexity index is 915. The lowest BCUT2D eigenvalue weighted by Gasteiger charge is -2.34. The number of carbonyl (C=O) groups is 1. The van der Waals surface area contributed by atoms with Gasteiger partial charge < -0.3 is 10.2 Å². The molecule has 144 valence electrons. The van der Waals surface area contributed by atoms with Crippen LogP contribution < -0.4 is 5.32 Å². The van der Waals surface area contributed by atoms with Gasteiger partial charge in [-0.3, -0.25) is 14.7 Å². The molecule has 0 bridgehead atoms. The summed E-state index contributed by atoms with van der Waals surface area (Å²) in [4.78, 5) is 21.7. The SMILES string of the molecule is O=C(CCN1CCN(Cc2ccccc2)CC1)Nc1cccc2cccnc12. The summed E-state index contributed by atoms with van der Waals surface area (Å²) < 4.78 is 0. The molecule has 2 aromatic carbocycles. The topological polar surface area (TPSA) is 48.5 Å². The highest BCUT2D eigenvalue weighted by Crippen LogP contribution is 2.20. The van der Waals surface area contributed by atoms with Crippen LogP contribution in [-0.4, -0.2) is 53.4 Å². The third kappa shape index (κ3) is 4.74. The molecule has 28 heavy (non-hydrogen) atoms. The van der Waals surface area contributed by atoms with Crippen LogP contribution in [0.5, 0.6) is 0 Å². The molecule has 1 amide bonds. The van der Waals surface area contributed by atoms with Crippen molar-refractivity contribution in [2.45, 2.75) is 13.0 Å². The number of hydrogen-bond acceptors (Lipinski definition) is 4. The number of para-hydroxylation sites is 1. The molecule has 1 saturated heterocycles. The number of nitrogens with zero attached hydrogens (tertiary/aromatic N) is 3. The van der Waals surface area contributed by atoms with E-state index in [0.717, 1.165) is 55.9 Å². The van der Waals surface area contributed by atoms with Crippen molar-refractivity contribution >= 4 is 22.5 Å². The number of pyridine rings is 1. The van der Waals surface area contributed by atoms with Gasteiger partial charge in [-0.15, -0.1) is 0 Å². The van der Waals surface area contributed by atoms with Crippen molar-refractivity contribution in [2.24, 2.45) is 0 Å². The van der Waals surface area contributed by atoms with Gasteiger partial charge in [0.1, 0.15) is 0 Å². The molecule has 1 aliphatic heterocycles. The number of piperazine rings is 1. The van der Waals surface area contributed by atoms with Crippen LogP contribution in [0.4, 0.5) is 5.69 Å². The van der Waals surface area contributed by atoms with E-state index in [1.165, 1.54) is 5.56 Å². The Morgan fingerprint density at radius 3 is 2.46 bits per heavy atom. The predicted molar refractivity (Wildman–Crippen MR) is 113 cm³/mol. The second-order valence-corrected chi connectivity index (χ2v) is 7.28.